The van der Waals surface area contributed by atoms with Crippen LogP contribution in [0.3, 0.4) is 0 Å². The molecule has 4 heteroatoms. The summed E-state index contributed by atoms with van der Waals surface area (Å²) in [5.74, 6) is 0.156. The number of hydrogen-bond acceptors (Lipinski definition) is 3. The van der Waals surface area contributed by atoms with E-state index in [0.717, 1.165) is 39.0 Å². The number of amides is 1. The van der Waals surface area contributed by atoms with Crippen LogP contribution in [-0.4, -0.2) is 39.1 Å². The number of benzene rings is 1. The maximum absolute atomic E-state index is 11.5. The summed E-state index contributed by atoms with van der Waals surface area (Å²) in [6.07, 6.45) is 2.48. The molecule has 20 heavy (non-hydrogen) atoms. The van der Waals surface area contributed by atoms with Gasteiger partial charge in [-0.15, -0.1) is 0 Å². The molecule has 0 atom stereocenters. The lowest BCUT2D eigenvalue weighted by Crippen LogP contribution is -2.30. The molecule has 1 aromatic rings. The lowest BCUT2D eigenvalue weighted by molar-refractivity contribution is -0.121. The van der Waals surface area contributed by atoms with E-state index >= 15 is 0 Å². The monoisotopic (exact) mass is 277 g/mol. The van der Waals surface area contributed by atoms with Crippen molar-refractivity contribution >= 4 is 11.6 Å². The second kappa shape index (κ2) is 10.3. The highest BCUT2D eigenvalue weighted by Crippen LogP contribution is 2.12. The molecule has 0 unspecified atom stereocenters. The number of nitrogens with zero attached hydrogens (tertiary/aromatic N) is 1. The van der Waals surface area contributed by atoms with E-state index in [4.69, 9.17) is 0 Å². The Labute approximate surface area is 122 Å². The minimum atomic E-state index is 0.156. The fourth-order valence-electron chi connectivity index (χ4n) is 2.12. The molecular formula is C16H27N3O. The van der Waals surface area contributed by atoms with Gasteiger partial charge in [0.2, 0.25) is 5.91 Å². The van der Waals surface area contributed by atoms with Crippen molar-refractivity contribution in [1.29, 1.82) is 0 Å². The van der Waals surface area contributed by atoms with Crippen molar-refractivity contribution < 1.29 is 4.79 Å². The largest absolute Gasteiger partial charge is 0.372 e. The standard InChI is InChI=1S/C16H27N3O/c1-3-19(15-9-5-4-6-10-15)14-8-13-18-16(20)11-7-12-17-2/h4-6,9-10,17H,3,7-8,11-14H2,1-2H3,(H,18,20). The molecule has 112 valence electrons. The molecule has 0 aliphatic carbocycles. The average molecular weight is 277 g/mol. The van der Waals surface area contributed by atoms with Crippen LogP contribution >= 0.6 is 0 Å². The number of hydrogen-bond donors (Lipinski definition) is 2. The van der Waals surface area contributed by atoms with Gasteiger partial charge >= 0.3 is 0 Å². The summed E-state index contributed by atoms with van der Waals surface area (Å²) in [5.41, 5.74) is 1.25. The molecule has 0 aliphatic heterocycles. The van der Waals surface area contributed by atoms with E-state index in [-0.39, 0.29) is 5.91 Å². The second-order valence-electron chi connectivity index (χ2n) is 4.83. The Balaban J connectivity index is 2.17. The minimum absolute atomic E-state index is 0.156. The zero-order valence-corrected chi connectivity index (χ0v) is 12.7. The van der Waals surface area contributed by atoms with Gasteiger partial charge < -0.3 is 15.5 Å². The van der Waals surface area contributed by atoms with Crippen LogP contribution < -0.4 is 15.5 Å². The van der Waals surface area contributed by atoms with Crippen molar-refractivity contribution in [2.75, 3.05) is 38.1 Å². The van der Waals surface area contributed by atoms with Gasteiger partial charge in [0, 0.05) is 31.7 Å². The molecule has 0 aromatic heterocycles. The lowest BCUT2D eigenvalue weighted by atomic mass is 10.2. The summed E-state index contributed by atoms with van der Waals surface area (Å²) in [7, 11) is 1.90. The van der Waals surface area contributed by atoms with E-state index in [0.29, 0.717) is 6.42 Å². The Hall–Kier alpha value is -1.55. The minimum Gasteiger partial charge on any atom is -0.372 e. The first kappa shape index (κ1) is 16.5. The molecule has 0 aliphatic rings. The summed E-state index contributed by atoms with van der Waals surface area (Å²) < 4.78 is 0. The van der Waals surface area contributed by atoms with E-state index < -0.39 is 0 Å². The van der Waals surface area contributed by atoms with Gasteiger partial charge in [-0.25, -0.2) is 0 Å². The van der Waals surface area contributed by atoms with Gasteiger partial charge in [-0.1, -0.05) is 18.2 Å². The fourth-order valence-corrected chi connectivity index (χ4v) is 2.12. The number of nitrogens with one attached hydrogen (secondary N) is 2. The number of rotatable bonds is 10. The van der Waals surface area contributed by atoms with E-state index in [9.17, 15) is 4.79 Å². The van der Waals surface area contributed by atoms with Crippen molar-refractivity contribution in [3.05, 3.63) is 30.3 Å². The third-order valence-corrected chi connectivity index (χ3v) is 3.26. The molecule has 0 saturated carbocycles. The van der Waals surface area contributed by atoms with Crippen LogP contribution in [0.25, 0.3) is 0 Å². The molecule has 0 spiro atoms. The van der Waals surface area contributed by atoms with E-state index in [2.05, 4.69) is 46.7 Å². The Kier molecular flexibility index (Phi) is 8.47. The van der Waals surface area contributed by atoms with Crippen LogP contribution in [0.2, 0.25) is 0 Å². The second-order valence-corrected chi connectivity index (χ2v) is 4.83. The quantitative estimate of drug-likeness (QED) is 0.643. The van der Waals surface area contributed by atoms with Crippen molar-refractivity contribution in [2.24, 2.45) is 0 Å². The van der Waals surface area contributed by atoms with Crippen molar-refractivity contribution in [2.45, 2.75) is 26.2 Å². The lowest BCUT2D eigenvalue weighted by Gasteiger charge is -2.23. The molecule has 0 fully saturated rings. The normalized spacial score (nSPS) is 10.3. The fraction of sp³-hybridized carbons (Fsp3) is 0.562. The molecule has 0 bridgehead atoms. The average Bonchev–Trinajstić information content (AvgIpc) is 2.48. The summed E-state index contributed by atoms with van der Waals surface area (Å²) in [6, 6.07) is 10.4. The van der Waals surface area contributed by atoms with Gasteiger partial charge in [0.1, 0.15) is 0 Å². The van der Waals surface area contributed by atoms with Crippen LogP contribution in [-0.2, 0) is 4.79 Å². The molecule has 0 heterocycles. The predicted octanol–water partition coefficient (Wildman–Crippen LogP) is 2.02. The maximum Gasteiger partial charge on any atom is 0.220 e. The summed E-state index contributed by atoms with van der Waals surface area (Å²) in [6.45, 7) is 5.76. The number of carbonyl (C=O) groups is 1. The molecule has 1 amide bonds. The highest BCUT2D eigenvalue weighted by atomic mass is 16.1. The SMILES string of the molecule is CCN(CCCNC(=O)CCCNC)c1ccccc1. The van der Waals surface area contributed by atoms with Crippen molar-refractivity contribution in [3.8, 4) is 0 Å². The highest BCUT2D eigenvalue weighted by Gasteiger charge is 2.04. The zero-order valence-electron chi connectivity index (χ0n) is 12.7. The molecule has 0 radical (unpaired) electrons. The number of carbonyl (C=O) groups excluding carboxylic acids is 1. The predicted molar refractivity (Wildman–Crippen MR) is 85.1 cm³/mol. The molecule has 2 N–H and O–H groups in total. The van der Waals surface area contributed by atoms with Gasteiger partial charge in [-0.05, 0) is 45.5 Å². The first-order valence-corrected chi connectivity index (χ1v) is 7.49. The third kappa shape index (κ3) is 6.57. The Bertz CT molecular complexity index is 367. The number of anilines is 1. The van der Waals surface area contributed by atoms with Crippen LogP contribution in [0.4, 0.5) is 5.69 Å². The zero-order chi connectivity index (χ0) is 14.6. The van der Waals surface area contributed by atoms with Crippen molar-refractivity contribution in [1.82, 2.24) is 10.6 Å². The van der Waals surface area contributed by atoms with Gasteiger partial charge in [-0.3, -0.25) is 4.79 Å². The maximum atomic E-state index is 11.5. The Morgan fingerprint density at radius 3 is 2.55 bits per heavy atom. The molecular weight excluding hydrogens is 250 g/mol. The van der Waals surface area contributed by atoms with Crippen LogP contribution in [0.1, 0.15) is 26.2 Å². The van der Waals surface area contributed by atoms with E-state index in [1.807, 2.05) is 13.1 Å². The summed E-state index contributed by atoms with van der Waals surface area (Å²) in [5, 5.41) is 6.02. The van der Waals surface area contributed by atoms with Gasteiger partial charge in [-0.2, -0.15) is 0 Å². The van der Waals surface area contributed by atoms with Crippen LogP contribution in [0.5, 0.6) is 0 Å². The number of para-hydroxylation sites is 1. The van der Waals surface area contributed by atoms with Crippen LogP contribution in [0, 0.1) is 0 Å². The Morgan fingerprint density at radius 2 is 1.90 bits per heavy atom. The summed E-state index contributed by atoms with van der Waals surface area (Å²) >= 11 is 0. The van der Waals surface area contributed by atoms with E-state index in [1.54, 1.807) is 0 Å². The summed E-state index contributed by atoms with van der Waals surface area (Å²) in [4.78, 5) is 13.9. The first-order valence-electron chi connectivity index (χ1n) is 7.49. The van der Waals surface area contributed by atoms with E-state index in [1.165, 1.54) is 5.69 Å². The smallest absolute Gasteiger partial charge is 0.220 e. The van der Waals surface area contributed by atoms with Gasteiger partial charge in [0.15, 0.2) is 0 Å². The molecule has 4 nitrogen and oxygen atoms in total. The highest BCUT2D eigenvalue weighted by molar-refractivity contribution is 5.75. The third-order valence-electron chi connectivity index (χ3n) is 3.26. The molecule has 0 saturated heterocycles. The topological polar surface area (TPSA) is 44.4 Å². The van der Waals surface area contributed by atoms with Crippen molar-refractivity contribution in [3.63, 3.8) is 0 Å². The van der Waals surface area contributed by atoms with Crippen LogP contribution in [0.15, 0.2) is 30.3 Å². The molecule has 1 aromatic carbocycles. The molecule has 1 rings (SSSR count). The van der Waals surface area contributed by atoms with Gasteiger partial charge in [0.25, 0.3) is 0 Å². The van der Waals surface area contributed by atoms with Gasteiger partial charge in [0.05, 0.1) is 0 Å². The Morgan fingerprint density at radius 1 is 1.15 bits per heavy atom. The first-order chi connectivity index (χ1) is 9.77.